The van der Waals surface area contributed by atoms with Crippen molar-refractivity contribution in [3.05, 3.63) is 24.3 Å². The first-order valence-corrected chi connectivity index (χ1v) is 5.56. The van der Waals surface area contributed by atoms with Crippen LogP contribution in [0.4, 0.5) is 5.69 Å². The van der Waals surface area contributed by atoms with Crippen LogP contribution < -0.4 is 10.1 Å². The Morgan fingerprint density at radius 1 is 1.31 bits per heavy atom. The zero-order valence-corrected chi connectivity index (χ0v) is 10.0. The molecular weight excluding hydrogens is 200 g/mol. The Bertz CT molecular complexity index is 351. The van der Waals surface area contributed by atoms with Gasteiger partial charge in [-0.3, -0.25) is 0 Å². The molecule has 0 aliphatic carbocycles. The molecule has 3 nitrogen and oxygen atoms in total. The van der Waals surface area contributed by atoms with Crippen LogP contribution in [-0.4, -0.2) is 12.6 Å². The van der Waals surface area contributed by atoms with E-state index in [-0.39, 0.29) is 12.0 Å². The van der Waals surface area contributed by atoms with E-state index in [0.29, 0.717) is 6.61 Å². The minimum Gasteiger partial charge on any atom is -0.494 e. The van der Waals surface area contributed by atoms with Gasteiger partial charge in [0, 0.05) is 5.69 Å². The average molecular weight is 218 g/mol. The summed E-state index contributed by atoms with van der Waals surface area (Å²) in [6.07, 6.45) is 0. The van der Waals surface area contributed by atoms with Crippen LogP contribution in [-0.2, 0) is 0 Å². The largest absolute Gasteiger partial charge is 0.494 e. The summed E-state index contributed by atoms with van der Waals surface area (Å²) in [5.41, 5.74) is 0.948. The summed E-state index contributed by atoms with van der Waals surface area (Å²) in [5, 5.41) is 12.1. The van der Waals surface area contributed by atoms with Gasteiger partial charge >= 0.3 is 0 Å². The number of ether oxygens (including phenoxy) is 1. The van der Waals surface area contributed by atoms with Crippen molar-refractivity contribution in [1.82, 2.24) is 0 Å². The Labute approximate surface area is 97.0 Å². The Morgan fingerprint density at radius 2 is 1.94 bits per heavy atom. The number of nitrogens with one attached hydrogen (secondary N) is 1. The second-order valence-corrected chi connectivity index (χ2v) is 3.95. The lowest BCUT2D eigenvalue weighted by Crippen LogP contribution is -2.23. The first-order chi connectivity index (χ1) is 7.67. The highest BCUT2D eigenvalue weighted by Crippen LogP contribution is 2.17. The van der Waals surface area contributed by atoms with E-state index in [9.17, 15) is 0 Å². The average Bonchev–Trinajstić information content (AvgIpc) is 2.28. The second kappa shape index (κ2) is 6.02. The fraction of sp³-hybridized carbons (Fsp3) is 0.462. The third-order valence-electron chi connectivity index (χ3n) is 2.29. The van der Waals surface area contributed by atoms with Crippen LogP contribution in [0.3, 0.4) is 0 Å². The molecule has 0 amide bonds. The summed E-state index contributed by atoms with van der Waals surface area (Å²) < 4.78 is 5.35. The van der Waals surface area contributed by atoms with Crippen molar-refractivity contribution in [2.24, 2.45) is 5.92 Å². The van der Waals surface area contributed by atoms with Crippen molar-refractivity contribution in [2.75, 3.05) is 11.9 Å². The first-order valence-electron chi connectivity index (χ1n) is 5.56. The van der Waals surface area contributed by atoms with E-state index in [2.05, 4.69) is 11.4 Å². The van der Waals surface area contributed by atoms with Gasteiger partial charge in [0.15, 0.2) is 0 Å². The van der Waals surface area contributed by atoms with Gasteiger partial charge in [-0.05, 0) is 37.1 Å². The number of nitriles is 1. The molecule has 1 rings (SSSR count). The number of hydrogen-bond acceptors (Lipinski definition) is 3. The molecule has 86 valence electrons. The minimum atomic E-state index is -0.155. The van der Waals surface area contributed by atoms with Crippen molar-refractivity contribution in [1.29, 1.82) is 5.26 Å². The number of anilines is 1. The highest BCUT2D eigenvalue weighted by Gasteiger charge is 2.11. The zero-order valence-electron chi connectivity index (χ0n) is 10.0. The molecule has 0 fully saturated rings. The molecule has 0 saturated carbocycles. The predicted molar refractivity (Wildman–Crippen MR) is 65.5 cm³/mol. The van der Waals surface area contributed by atoms with E-state index < -0.39 is 0 Å². The number of hydrogen-bond donors (Lipinski definition) is 1. The summed E-state index contributed by atoms with van der Waals surface area (Å²) >= 11 is 0. The quantitative estimate of drug-likeness (QED) is 0.826. The fourth-order valence-corrected chi connectivity index (χ4v) is 1.34. The Morgan fingerprint density at radius 3 is 2.38 bits per heavy atom. The van der Waals surface area contributed by atoms with Crippen LogP contribution in [0.5, 0.6) is 5.75 Å². The number of benzene rings is 1. The maximum atomic E-state index is 8.96. The van der Waals surface area contributed by atoms with Crippen LogP contribution in [0.25, 0.3) is 0 Å². The predicted octanol–water partition coefficient (Wildman–Crippen LogP) is 3.05. The first kappa shape index (κ1) is 12.4. The second-order valence-electron chi connectivity index (χ2n) is 3.95. The van der Waals surface area contributed by atoms with E-state index in [4.69, 9.17) is 10.00 Å². The molecule has 0 saturated heterocycles. The fourth-order valence-electron chi connectivity index (χ4n) is 1.34. The van der Waals surface area contributed by atoms with E-state index in [0.717, 1.165) is 11.4 Å². The van der Waals surface area contributed by atoms with Gasteiger partial charge < -0.3 is 10.1 Å². The normalized spacial score (nSPS) is 11.9. The Hall–Kier alpha value is -1.69. The Kier molecular flexibility index (Phi) is 4.65. The summed E-state index contributed by atoms with van der Waals surface area (Å²) in [6, 6.07) is 9.76. The molecule has 1 aromatic carbocycles. The molecule has 1 unspecified atom stereocenters. The van der Waals surface area contributed by atoms with Gasteiger partial charge in [-0.2, -0.15) is 5.26 Å². The molecule has 0 spiro atoms. The summed E-state index contributed by atoms with van der Waals surface area (Å²) in [4.78, 5) is 0. The van der Waals surface area contributed by atoms with Gasteiger partial charge in [0.25, 0.3) is 0 Å². The zero-order chi connectivity index (χ0) is 12.0. The molecule has 0 radical (unpaired) electrons. The molecule has 0 heterocycles. The van der Waals surface area contributed by atoms with Crippen molar-refractivity contribution in [2.45, 2.75) is 26.8 Å². The van der Waals surface area contributed by atoms with Crippen molar-refractivity contribution in [3.8, 4) is 11.8 Å². The molecule has 16 heavy (non-hydrogen) atoms. The van der Waals surface area contributed by atoms with Crippen LogP contribution >= 0.6 is 0 Å². The smallest absolute Gasteiger partial charge is 0.119 e. The maximum Gasteiger partial charge on any atom is 0.119 e. The van der Waals surface area contributed by atoms with Gasteiger partial charge in [0.2, 0.25) is 0 Å². The van der Waals surface area contributed by atoms with Gasteiger partial charge in [-0.1, -0.05) is 13.8 Å². The third kappa shape index (κ3) is 3.47. The molecule has 0 aromatic heterocycles. The molecule has 0 aliphatic rings. The lowest BCUT2D eigenvalue weighted by molar-refractivity contribution is 0.340. The van der Waals surface area contributed by atoms with Crippen LogP contribution in [0, 0.1) is 17.2 Å². The Balaban J connectivity index is 2.64. The lowest BCUT2D eigenvalue weighted by Gasteiger charge is -2.16. The summed E-state index contributed by atoms with van der Waals surface area (Å²) in [6.45, 7) is 6.67. The van der Waals surface area contributed by atoms with Crippen LogP contribution in [0.15, 0.2) is 24.3 Å². The monoisotopic (exact) mass is 218 g/mol. The van der Waals surface area contributed by atoms with Crippen molar-refractivity contribution in [3.63, 3.8) is 0 Å². The van der Waals surface area contributed by atoms with E-state index in [1.54, 1.807) is 0 Å². The van der Waals surface area contributed by atoms with Gasteiger partial charge in [0.1, 0.15) is 11.8 Å². The van der Waals surface area contributed by atoms with E-state index in [1.165, 1.54) is 0 Å². The molecule has 1 aromatic rings. The van der Waals surface area contributed by atoms with Gasteiger partial charge in [-0.15, -0.1) is 0 Å². The van der Waals surface area contributed by atoms with Crippen molar-refractivity contribution >= 4 is 5.69 Å². The van der Waals surface area contributed by atoms with E-state index in [1.807, 2.05) is 45.0 Å². The molecule has 0 bridgehead atoms. The van der Waals surface area contributed by atoms with Crippen LogP contribution in [0.2, 0.25) is 0 Å². The number of nitrogens with zero attached hydrogens (tertiary/aromatic N) is 1. The highest BCUT2D eigenvalue weighted by molar-refractivity contribution is 5.48. The standard InChI is InChI=1S/C13H18N2O/c1-4-16-12-7-5-11(6-8-12)15-13(9-14)10(2)3/h5-8,10,13,15H,4H2,1-3H3. The minimum absolute atomic E-state index is 0.155. The molecule has 1 N–H and O–H groups in total. The van der Waals surface area contributed by atoms with Crippen molar-refractivity contribution < 1.29 is 4.74 Å². The maximum absolute atomic E-state index is 8.96. The topological polar surface area (TPSA) is 45.0 Å². The SMILES string of the molecule is CCOc1ccc(NC(C#N)C(C)C)cc1. The number of rotatable bonds is 5. The molecular formula is C13H18N2O. The molecule has 0 aliphatic heterocycles. The molecule has 3 heteroatoms. The highest BCUT2D eigenvalue weighted by atomic mass is 16.5. The third-order valence-corrected chi connectivity index (χ3v) is 2.29. The van der Waals surface area contributed by atoms with Gasteiger partial charge in [-0.25, -0.2) is 0 Å². The summed E-state index contributed by atoms with van der Waals surface area (Å²) in [5.74, 6) is 1.14. The van der Waals surface area contributed by atoms with E-state index >= 15 is 0 Å². The summed E-state index contributed by atoms with van der Waals surface area (Å²) in [7, 11) is 0. The lowest BCUT2D eigenvalue weighted by atomic mass is 10.1. The molecule has 1 atom stereocenters. The van der Waals surface area contributed by atoms with Gasteiger partial charge in [0.05, 0.1) is 12.7 Å². The van der Waals surface area contributed by atoms with Crippen LogP contribution in [0.1, 0.15) is 20.8 Å².